The van der Waals surface area contributed by atoms with Gasteiger partial charge in [-0.2, -0.15) is 5.10 Å². The molecule has 0 aliphatic carbocycles. The smallest absolute Gasteiger partial charge is 0.136 e. The number of hydrogen-bond donors (Lipinski definition) is 1. The zero-order valence-electron chi connectivity index (χ0n) is 10.4. The van der Waals surface area contributed by atoms with Crippen molar-refractivity contribution in [3.63, 3.8) is 0 Å². The number of aromatic nitrogens is 2. The van der Waals surface area contributed by atoms with Crippen molar-refractivity contribution in [3.05, 3.63) is 48.0 Å². The summed E-state index contributed by atoms with van der Waals surface area (Å²) < 4.78 is 15.4. The van der Waals surface area contributed by atoms with Gasteiger partial charge in [0.2, 0.25) is 0 Å². The Labute approximate surface area is 110 Å². The molecule has 0 radical (unpaired) electrons. The summed E-state index contributed by atoms with van der Waals surface area (Å²) in [6.07, 6.45) is 3.70. The number of rotatable bonds is 4. The molecule has 0 saturated heterocycles. The lowest BCUT2D eigenvalue weighted by molar-refractivity contribution is 0.600. The van der Waals surface area contributed by atoms with Crippen LogP contribution in [0.5, 0.6) is 0 Å². The van der Waals surface area contributed by atoms with E-state index in [-0.39, 0.29) is 17.1 Å². The van der Waals surface area contributed by atoms with E-state index in [1.165, 1.54) is 17.8 Å². The van der Waals surface area contributed by atoms with Crippen LogP contribution in [0.2, 0.25) is 0 Å². The highest BCUT2D eigenvalue weighted by molar-refractivity contribution is 7.99. The molecule has 1 aromatic carbocycles. The Morgan fingerprint density at radius 3 is 2.67 bits per heavy atom. The van der Waals surface area contributed by atoms with Crippen molar-refractivity contribution in [2.24, 2.45) is 12.8 Å². The first-order valence-corrected chi connectivity index (χ1v) is 6.61. The monoisotopic (exact) mass is 265 g/mol. The second-order valence-electron chi connectivity index (χ2n) is 4.28. The predicted octanol–water partition coefficient (Wildman–Crippen LogP) is 2.74. The fourth-order valence-corrected chi connectivity index (χ4v) is 2.83. The van der Waals surface area contributed by atoms with E-state index in [2.05, 4.69) is 5.10 Å². The molecule has 18 heavy (non-hydrogen) atoms. The third-order valence-electron chi connectivity index (χ3n) is 2.62. The molecule has 2 N–H and O–H groups in total. The minimum Gasteiger partial charge on any atom is -0.327 e. The Kier molecular flexibility index (Phi) is 4.04. The molecule has 0 bridgehead atoms. The Hall–Kier alpha value is -1.33. The molecule has 0 saturated carbocycles. The van der Waals surface area contributed by atoms with Crippen molar-refractivity contribution in [2.75, 3.05) is 0 Å². The number of aryl methyl sites for hydroxylation is 1. The summed E-state index contributed by atoms with van der Waals surface area (Å²) in [5.41, 5.74) is 7.01. The van der Waals surface area contributed by atoms with Crippen molar-refractivity contribution >= 4 is 11.8 Å². The maximum Gasteiger partial charge on any atom is 0.136 e. The van der Waals surface area contributed by atoms with E-state index in [9.17, 15) is 4.39 Å². The molecule has 0 fully saturated rings. The highest BCUT2D eigenvalue weighted by atomic mass is 32.2. The first-order chi connectivity index (χ1) is 8.58. The second kappa shape index (κ2) is 5.54. The molecule has 2 rings (SSSR count). The maximum absolute atomic E-state index is 13.7. The predicted molar refractivity (Wildman–Crippen MR) is 71.9 cm³/mol. The van der Waals surface area contributed by atoms with Crippen LogP contribution < -0.4 is 5.73 Å². The van der Waals surface area contributed by atoms with Gasteiger partial charge < -0.3 is 5.73 Å². The SMILES string of the molecule is CC(N)C(Sc1ccccc1F)c1cnn(C)c1. The zero-order chi connectivity index (χ0) is 13.1. The maximum atomic E-state index is 13.7. The molecule has 1 aromatic heterocycles. The van der Waals surface area contributed by atoms with Crippen LogP contribution >= 0.6 is 11.8 Å². The van der Waals surface area contributed by atoms with E-state index >= 15 is 0 Å². The van der Waals surface area contributed by atoms with E-state index in [1.807, 2.05) is 26.2 Å². The van der Waals surface area contributed by atoms with Gasteiger partial charge in [0, 0.05) is 29.7 Å². The lowest BCUT2D eigenvalue weighted by Crippen LogP contribution is -2.22. The fraction of sp³-hybridized carbons (Fsp3) is 0.308. The lowest BCUT2D eigenvalue weighted by Gasteiger charge is -2.19. The van der Waals surface area contributed by atoms with Gasteiger partial charge in [-0.15, -0.1) is 11.8 Å². The van der Waals surface area contributed by atoms with Crippen LogP contribution in [0.15, 0.2) is 41.6 Å². The van der Waals surface area contributed by atoms with Crippen LogP contribution in [0, 0.1) is 5.82 Å². The Bertz CT molecular complexity index is 524. The van der Waals surface area contributed by atoms with Crippen LogP contribution in [-0.4, -0.2) is 15.8 Å². The third kappa shape index (κ3) is 2.91. The fourth-order valence-electron chi connectivity index (χ4n) is 1.74. The number of thioether (sulfide) groups is 1. The molecule has 5 heteroatoms. The molecule has 0 spiro atoms. The van der Waals surface area contributed by atoms with Gasteiger partial charge in [0.1, 0.15) is 5.82 Å². The molecular formula is C13H16FN3S. The minimum atomic E-state index is -0.211. The van der Waals surface area contributed by atoms with E-state index in [0.29, 0.717) is 4.90 Å². The highest BCUT2D eigenvalue weighted by Crippen LogP contribution is 2.37. The molecule has 3 nitrogen and oxygen atoms in total. The molecule has 1 heterocycles. The van der Waals surface area contributed by atoms with Crippen LogP contribution in [0.3, 0.4) is 0 Å². The highest BCUT2D eigenvalue weighted by Gasteiger charge is 2.20. The van der Waals surface area contributed by atoms with Crippen molar-refractivity contribution in [2.45, 2.75) is 23.1 Å². The number of nitrogens with zero attached hydrogens (tertiary/aromatic N) is 2. The zero-order valence-corrected chi connectivity index (χ0v) is 11.2. The molecule has 2 aromatic rings. The molecular weight excluding hydrogens is 249 g/mol. The molecule has 0 amide bonds. The van der Waals surface area contributed by atoms with Gasteiger partial charge in [0.15, 0.2) is 0 Å². The number of nitrogens with two attached hydrogens (primary N) is 1. The Morgan fingerprint density at radius 2 is 2.11 bits per heavy atom. The molecule has 2 atom stereocenters. The Morgan fingerprint density at radius 1 is 1.39 bits per heavy atom. The van der Waals surface area contributed by atoms with Crippen molar-refractivity contribution < 1.29 is 4.39 Å². The number of benzene rings is 1. The third-order valence-corrected chi connectivity index (χ3v) is 4.16. The molecule has 0 aliphatic rings. The quantitative estimate of drug-likeness (QED) is 0.864. The molecule has 0 aliphatic heterocycles. The van der Waals surface area contributed by atoms with Crippen LogP contribution in [0.1, 0.15) is 17.7 Å². The van der Waals surface area contributed by atoms with E-state index in [1.54, 1.807) is 23.0 Å². The van der Waals surface area contributed by atoms with Gasteiger partial charge in [-0.1, -0.05) is 12.1 Å². The molecule has 2 unspecified atom stereocenters. The second-order valence-corrected chi connectivity index (χ2v) is 5.46. The largest absolute Gasteiger partial charge is 0.327 e. The summed E-state index contributed by atoms with van der Waals surface area (Å²) in [6.45, 7) is 1.92. The normalized spacial score (nSPS) is 14.4. The summed E-state index contributed by atoms with van der Waals surface area (Å²) in [5, 5.41) is 4.13. The number of hydrogen-bond acceptors (Lipinski definition) is 3. The lowest BCUT2D eigenvalue weighted by atomic mass is 10.1. The van der Waals surface area contributed by atoms with Gasteiger partial charge >= 0.3 is 0 Å². The summed E-state index contributed by atoms with van der Waals surface area (Å²) in [7, 11) is 1.86. The van der Waals surface area contributed by atoms with Gasteiger partial charge in [-0.3, -0.25) is 4.68 Å². The van der Waals surface area contributed by atoms with Gasteiger partial charge in [0.25, 0.3) is 0 Å². The van der Waals surface area contributed by atoms with Crippen LogP contribution in [-0.2, 0) is 7.05 Å². The summed E-state index contributed by atoms with van der Waals surface area (Å²) in [5.74, 6) is -0.211. The Balaban J connectivity index is 2.25. The first kappa shape index (κ1) is 13.1. The topological polar surface area (TPSA) is 43.8 Å². The van der Waals surface area contributed by atoms with Gasteiger partial charge in [0.05, 0.1) is 11.4 Å². The average Bonchev–Trinajstić information content (AvgIpc) is 2.74. The summed E-state index contributed by atoms with van der Waals surface area (Å²) >= 11 is 1.44. The minimum absolute atomic E-state index is 0.00407. The van der Waals surface area contributed by atoms with Gasteiger partial charge in [-0.25, -0.2) is 4.39 Å². The first-order valence-electron chi connectivity index (χ1n) is 5.73. The van der Waals surface area contributed by atoms with E-state index in [4.69, 9.17) is 5.73 Å². The van der Waals surface area contributed by atoms with Crippen molar-refractivity contribution in [3.8, 4) is 0 Å². The van der Waals surface area contributed by atoms with E-state index < -0.39 is 0 Å². The van der Waals surface area contributed by atoms with Crippen molar-refractivity contribution in [1.29, 1.82) is 0 Å². The number of halogens is 1. The molecule has 96 valence electrons. The summed E-state index contributed by atoms with van der Waals surface area (Å²) in [4.78, 5) is 0.614. The van der Waals surface area contributed by atoms with Gasteiger partial charge in [-0.05, 0) is 19.1 Å². The average molecular weight is 265 g/mol. The van der Waals surface area contributed by atoms with Crippen LogP contribution in [0.4, 0.5) is 4.39 Å². The standard InChI is InChI=1S/C13H16FN3S/c1-9(15)13(10-7-16-17(2)8-10)18-12-6-4-3-5-11(12)14/h3-9,13H,15H2,1-2H3. The summed E-state index contributed by atoms with van der Waals surface area (Å²) in [6, 6.07) is 6.66. The van der Waals surface area contributed by atoms with Crippen molar-refractivity contribution in [1.82, 2.24) is 9.78 Å². The van der Waals surface area contributed by atoms with E-state index in [0.717, 1.165) is 5.56 Å². The van der Waals surface area contributed by atoms with Crippen LogP contribution in [0.25, 0.3) is 0 Å².